The lowest BCUT2D eigenvalue weighted by Gasteiger charge is -2.11. The van der Waals surface area contributed by atoms with Crippen LogP contribution in [0, 0.1) is 6.92 Å². The molecule has 0 saturated carbocycles. The maximum Gasteiger partial charge on any atom is 0.234 e. The van der Waals surface area contributed by atoms with Crippen LogP contribution in [-0.2, 0) is 18.3 Å². The van der Waals surface area contributed by atoms with Crippen molar-refractivity contribution in [3.63, 3.8) is 0 Å². The van der Waals surface area contributed by atoms with Gasteiger partial charge in [-0.3, -0.25) is 4.79 Å². The van der Waals surface area contributed by atoms with E-state index in [1.807, 2.05) is 36.1 Å². The maximum atomic E-state index is 12.3. The summed E-state index contributed by atoms with van der Waals surface area (Å²) in [6.45, 7) is 1.86. The van der Waals surface area contributed by atoms with Crippen LogP contribution in [0.25, 0.3) is 0 Å². The van der Waals surface area contributed by atoms with E-state index in [-0.39, 0.29) is 11.7 Å². The van der Waals surface area contributed by atoms with Gasteiger partial charge in [0, 0.05) is 18.3 Å². The van der Waals surface area contributed by atoms with Crippen LogP contribution in [0.15, 0.2) is 34.8 Å². The van der Waals surface area contributed by atoms with Gasteiger partial charge in [-0.2, -0.15) is 0 Å². The fourth-order valence-corrected chi connectivity index (χ4v) is 4.17. The van der Waals surface area contributed by atoms with Gasteiger partial charge in [-0.15, -0.1) is 21.5 Å². The molecule has 136 valence electrons. The Morgan fingerprint density at radius 3 is 2.85 bits per heavy atom. The van der Waals surface area contributed by atoms with Gasteiger partial charge < -0.3 is 9.88 Å². The van der Waals surface area contributed by atoms with Crippen molar-refractivity contribution < 1.29 is 4.79 Å². The number of hydrogen-bond donors (Lipinski definition) is 1. The van der Waals surface area contributed by atoms with Gasteiger partial charge in [-0.1, -0.05) is 47.1 Å². The molecule has 0 aliphatic heterocycles. The zero-order valence-electron chi connectivity index (χ0n) is 14.1. The minimum Gasteiger partial charge on any atom is -0.323 e. The lowest BCUT2D eigenvalue weighted by molar-refractivity contribution is -0.113. The number of carbonyl (C=O) groups excluding carboxylic acids is 1. The molecule has 3 rings (SSSR count). The minimum atomic E-state index is -0.202. The summed E-state index contributed by atoms with van der Waals surface area (Å²) in [4.78, 5) is 13.5. The Hall–Kier alpha value is -1.54. The number of aryl methyl sites for hydroxylation is 1. The molecule has 0 saturated heterocycles. The number of rotatable bonds is 6. The Morgan fingerprint density at radius 2 is 2.12 bits per heavy atom. The second-order valence-electron chi connectivity index (χ2n) is 5.60. The Balaban J connectivity index is 1.62. The number of carbonyl (C=O) groups is 1. The van der Waals surface area contributed by atoms with Crippen LogP contribution in [0.2, 0.25) is 10.0 Å². The summed E-state index contributed by atoms with van der Waals surface area (Å²) < 4.78 is 1.91. The summed E-state index contributed by atoms with van der Waals surface area (Å²) in [6.07, 6.45) is 0.725. The van der Waals surface area contributed by atoms with Crippen LogP contribution < -0.4 is 5.32 Å². The number of anilines is 1. The van der Waals surface area contributed by atoms with Crippen molar-refractivity contribution in [2.75, 3.05) is 11.1 Å². The summed E-state index contributed by atoms with van der Waals surface area (Å²) in [5, 5.41) is 14.8. The molecule has 26 heavy (non-hydrogen) atoms. The molecule has 9 heteroatoms. The molecule has 0 aliphatic carbocycles. The summed E-state index contributed by atoms with van der Waals surface area (Å²) in [7, 11) is 1.90. The van der Waals surface area contributed by atoms with Gasteiger partial charge in [-0.05, 0) is 30.0 Å². The van der Waals surface area contributed by atoms with Crippen LogP contribution >= 0.6 is 46.3 Å². The highest BCUT2D eigenvalue weighted by molar-refractivity contribution is 7.99. The van der Waals surface area contributed by atoms with Crippen LogP contribution in [0.3, 0.4) is 0 Å². The molecular weight excluding hydrogens is 411 g/mol. The number of amides is 1. The quantitative estimate of drug-likeness (QED) is 0.574. The zero-order valence-corrected chi connectivity index (χ0v) is 17.3. The molecule has 0 unspecified atom stereocenters. The van der Waals surface area contributed by atoms with Crippen molar-refractivity contribution in [2.45, 2.75) is 18.5 Å². The van der Waals surface area contributed by atoms with Crippen molar-refractivity contribution in [1.29, 1.82) is 0 Å². The Morgan fingerprint density at radius 1 is 1.31 bits per heavy atom. The molecule has 0 aliphatic rings. The third-order valence-electron chi connectivity index (χ3n) is 3.72. The molecule has 0 bridgehead atoms. The molecule has 0 spiro atoms. The van der Waals surface area contributed by atoms with Gasteiger partial charge in [0.05, 0.1) is 21.5 Å². The number of thiophene rings is 1. The number of aromatic nitrogens is 3. The standard InChI is InChI=1S/C17H16Cl2N4OS2/c1-10-5-6-12(18)16(15(10)19)20-14(24)9-26-17-22-21-13(23(17)2)8-11-4-3-7-25-11/h3-7H,8-9H2,1-2H3,(H,20,24). The van der Waals surface area contributed by atoms with E-state index >= 15 is 0 Å². The normalized spacial score (nSPS) is 10.9. The van der Waals surface area contributed by atoms with Crippen molar-refractivity contribution in [3.8, 4) is 0 Å². The molecule has 0 radical (unpaired) electrons. The third-order valence-corrected chi connectivity index (χ3v) is 6.42. The lowest BCUT2D eigenvalue weighted by atomic mass is 10.2. The van der Waals surface area contributed by atoms with Crippen molar-refractivity contribution in [1.82, 2.24) is 14.8 Å². The summed E-state index contributed by atoms with van der Waals surface area (Å²) in [6, 6.07) is 7.60. The van der Waals surface area contributed by atoms with E-state index in [1.165, 1.54) is 16.6 Å². The lowest BCUT2D eigenvalue weighted by Crippen LogP contribution is -2.15. The topological polar surface area (TPSA) is 59.8 Å². The Labute approximate surface area is 169 Å². The molecule has 1 aromatic carbocycles. The van der Waals surface area contributed by atoms with Gasteiger partial charge >= 0.3 is 0 Å². The molecule has 2 aromatic heterocycles. The summed E-state index contributed by atoms with van der Waals surface area (Å²) in [5.74, 6) is 0.846. The number of thioether (sulfide) groups is 1. The number of nitrogens with one attached hydrogen (secondary N) is 1. The number of benzene rings is 1. The fraction of sp³-hybridized carbons (Fsp3) is 0.235. The minimum absolute atomic E-state index is 0.186. The van der Waals surface area contributed by atoms with E-state index in [0.29, 0.717) is 20.9 Å². The average molecular weight is 427 g/mol. The zero-order chi connectivity index (χ0) is 18.7. The molecule has 5 nitrogen and oxygen atoms in total. The number of nitrogens with zero attached hydrogens (tertiary/aromatic N) is 3. The smallest absolute Gasteiger partial charge is 0.234 e. The van der Waals surface area contributed by atoms with E-state index in [9.17, 15) is 4.79 Å². The highest BCUT2D eigenvalue weighted by Crippen LogP contribution is 2.33. The van der Waals surface area contributed by atoms with E-state index in [0.717, 1.165) is 17.8 Å². The molecular formula is C17H16Cl2N4OS2. The van der Waals surface area contributed by atoms with Crippen LogP contribution in [0.1, 0.15) is 16.3 Å². The largest absolute Gasteiger partial charge is 0.323 e. The van der Waals surface area contributed by atoms with Crippen LogP contribution in [0.5, 0.6) is 0 Å². The summed E-state index contributed by atoms with van der Waals surface area (Å²) >= 11 is 15.4. The van der Waals surface area contributed by atoms with Gasteiger partial charge in [0.15, 0.2) is 5.16 Å². The van der Waals surface area contributed by atoms with Crippen molar-refractivity contribution in [2.24, 2.45) is 7.05 Å². The maximum absolute atomic E-state index is 12.3. The molecule has 0 fully saturated rings. The second-order valence-corrected chi connectivity index (χ2v) is 8.36. The van der Waals surface area contributed by atoms with E-state index in [2.05, 4.69) is 21.6 Å². The van der Waals surface area contributed by atoms with Crippen LogP contribution in [-0.4, -0.2) is 26.4 Å². The number of halogens is 2. The Kier molecular flexibility index (Phi) is 6.24. The molecule has 1 amide bonds. The predicted molar refractivity (Wildman–Crippen MR) is 109 cm³/mol. The Bertz CT molecular complexity index is 925. The highest BCUT2D eigenvalue weighted by Gasteiger charge is 2.15. The van der Waals surface area contributed by atoms with Crippen molar-refractivity contribution >= 4 is 57.9 Å². The molecule has 1 N–H and O–H groups in total. The molecule has 2 heterocycles. The predicted octanol–water partition coefficient (Wildman–Crippen LogP) is 4.81. The third kappa shape index (κ3) is 4.40. The second kappa shape index (κ2) is 8.43. The average Bonchev–Trinajstić information content (AvgIpc) is 3.25. The van der Waals surface area contributed by atoms with Crippen LogP contribution in [0.4, 0.5) is 5.69 Å². The first-order valence-corrected chi connectivity index (χ1v) is 10.4. The van der Waals surface area contributed by atoms with Gasteiger partial charge in [0.2, 0.25) is 5.91 Å². The van der Waals surface area contributed by atoms with E-state index < -0.39 is 0 Å². The van der Waals surface area contributed by atoms with Crippen molar-refractivity contribution in [3.05, 3.63) is 56.0 Å². The monoisotopic (exact) mass is 426 g/mol. The number of hydrogen-bond acceptors (Lipinski definition) is 5. The van der Waals surface area contributed by atoms with Gasteiger partial charge in [-0.25, -0.2) is 0 Å². The van der Waals surface area contributed by atoms with E-state index in [4.69, 9.17) is 23.2 Å². The highest BCUT2D eigenvalue weighted by atomic mass is 35.5. The fourth-order valence-electron chi connectivity index (χ4n) is 2.27. The molecule has 3 aromatic rings. The summed E-state index contributed by atoms with van der Waals surface area (Å²) in [5.41, 5.74) is 1.29. The first-order chi connectivity index (χ1) is 12.5. The first-order valence-electron chi connectivity index (χ1n) is 7.73. The van der Waals surface area contributed by atoms with Gasteiger partial charge in [0.25, 0.3) is 0 Å². The van der Waals surface area contributed by atoms with Gasteiger partial charge in [0.1, 0.15) is 5.82 Å². The van der Waals surface area contributed by atoms with E-state index in [1.54, 1.807) is 17.4 Å². The SMILES string of the molecule is Cc1ccc(Cl)c(NC(=O)CSc2nnc(Cc3cccs3)n2C)c1Cl. The first kappa shape index (κ1) is 19.2. The molecule has 0 atom stereocenters.